The first-order valence-corrected chi connectivity index (χ1v) is 11.6. The van der Waals surface area contributed by atoms with E-state index >= 15 is 0 Å². The predicted octanol–water partition coefficient (Wildman–Crippen LogP) is 7.32. The number of esters is 1. The lowest BCUT2D eigenvalue weighted by molar-refractivity contribution is -0.151. The molecule has 1 aliphatic heterocycles. The minimum absolute atomic E-state index is 0.00675. The summed E-state index contributed by atoms with van der Waals surface area (Å²) in [6.45, 7) is 4.57. The van der Waals surface area contributed by atoms with Gasteiger partial charge in [-0.2, -0.15) is 31.4 Å². The normalized spacial score (nSPS) is 17.7. The fourth-order valence-corrected chi connectivity index (χ4v) is 4.34. The molecule has 0 saturated carbocycles. The van der Waals surface area contributed by atoms with Gasteiger partial charge in [-0.1, -0.05) is 35.8 Å². The number of nitrogens with zero attached hydrogens (tertiary/aromatic N) is 2. The van der Waals surface area contributed by atoms with Crippen molar-refractivity contribution in [2.45, 2.75) is 25.7 Å². The van der Waals surface area contributed by atoms with Gasteiger partial charge in [-0.3, -0.25) is 4.79 Å². The van der Waals surface area contributed by atoms with E-state index in [4.69, 9.17) is 27.9 Å². The van der Waals surface area contributed by atoms with E-state index < -0.39 is 52.5 Å². The molecule has 0 aromatic heterocycles. The second-order valence-electron chi connectivity index (χ2n) is 8.20. The first-order chi connectivity index (χ1) is 17.6. The lowest BCUT2D eigenvalue weighted by atomic mass is 9.77. The molecule has 38 heavy (non-hydrogen) atoms. The number of ether oxygens (including phenoxy) is 1. The Morgan fingerprint density at radius 2 is 1.74 bits per heavy atom. The number of hydrogen-bond acceptors (Lipinski definition) is 4. The number of anilines is 1. The first kappa shape index (κ1) is 29.3. The lowest BCUT2D eigenvalue weighted by Crippen LogP contribution is -2.45. The Labute approximate surface area is 222 Å². The van der Waals surface area contributed by atoms with Crippen LogP contribution < -0.4 is 5.32 Å². The van der Waals surface area contributed by atoms with E-state index in [-0.39, 0.29) is 35.0 Å². The van der Waals surface area contributed by atoms with Crippen molar-refractivity contribution in [2.75, 3.05) is 18.5 Å². The molecule has 2 aromatic carbocycles. The SMILES string of the molecule is C=C(Cl)CC1(C(=O)OCC)CN(C(=O)Nc2ccc(C(F)(F)F)cc2)N=C1c1ccc(C(F)(F)F)c(Cl)c1. The molecule has 0 fully saturated rings. The summed E-state index contributed by atoms with van der Waals surface area (Å²) in [5, 5.41) is 6.63. The number of nitrogens with one attached hydrogen (secondary N) is 1. The van der Waals surface area contributed by atoms with Gasteiger partial charge < -0.3 is 10.1 Å². The van der Waals surface area contributed by atoms with Gasteiger partial charge in [-0.15, -0.1) is 0 Å². The van der Waals surface area contributed by atoms with Crippen LogP contribution in [0.25, 0.3) is 0 Å². The molecule has 0 spiro atoms. The van der Waals surface area contributed by atoms with Gasteiger partial charge >= 0.3 is 24.4 Å². The van der Waals surface area contributed by atoms with E-state index in [2.05, 4.69) is 17.0 Å². The molecule has 0 saturated heterocycles. The molecule has 1 aliphatic rings. The number of hydrazone groups is 1. The Kier molecular flexibility index (Phi) is 8.37. The Bertz CT molecular complexity index is 1280. The number of amides is 2. The Balaban J connectivity index is 2.04. The molecule has 14 heteroatoms. The van der Waals surface area contributed by atoms with Crippen LogP contribution in [0.4, 0.5) is 36.8 Å². The predicted molar refractivity (Wildman–Crippen MR) is 129 cm³/mol. The highest BCUT2D eigenvalue weighted by Crippen LogP contribution is 2.42. The van der Waals surface area contributed by atoms with Crippen LogP contribution in [0.1, 0.15) is 30.0 Å². The molecular weight excluding hydrogens is 563 g/mol. The van der Waals surface area contributed by atoms with Crippen LogP contribution >= 0.6 is 23.2 Å². The third-order valence-electron chi connectivity index (χ3n) is 5.50. The van der Waals surface area contributed by atoms with E-state index in [0.29, 0.717) is 6.07 Å². The van der Waals surface area contributed by atoms with E-state index in [0.717, 1.165) is 41.4 Å². The zero-order valence-electron chi connectivity index (χ0n) is 19.5. The summed E-state index contributed by atoms with van der Waals surface area (Å²) in [7, 11) is 0. The van der Waals surface area contributed by atoms with Gasteiger partial charge in [-0.25, -0.2) is 9.80 Å². The van der Waals surface area contributed by atoms with Crippen molar-refractivity contribution in [1.82, 2.24) is 5.01 Å². The van der Waals surface area contributed by atoms with Crippen molar-refractivity contribution < 1.29 is 40.7 Å². The molecule has 6 nitrogen and oxygen atoms in total. The summed E-state index contributed by atoms with van der Waals surface area (Å²) in [6, 6.07) is 5.33. The van der Waals surface area contributed by atoms with Crippen LogP contribution in [-0.2, 0) is 21.9 Å². The average Bonchev–Trinajstić information content (AvgIpc) is 3.18. The summed E-state index contributed by atoms with van der Waals surface area (Å²) in [5.41, 5.74) is -4.00. The van der Waals surface area contributed by atoms with Crippen molar-refractivity contribution >= 4 is 46.6 Å². The van der Waals surface area contributed by atoms with Crippen molar-refractivity contribution in [3.05, 3.63) is 75.8 Å². The summed E-state index contributed by atoms with van der Waals surface area (Å²) < 4.78 is 83.4. The van der Waals surface area contributed by atoms with Gasteiger partial charge in [0.2, 0.25) is 0 Å². The van der Waals surface area contributed by atoms with Gasteiger partial charge in [0, 0.05) is 22.7 Å². The van der Waals surface area contributed by atoms with Crippen LogP contribution in [0.2, 0.25) is 5.02 Å². The van der Waals surface area contributed by atoms with Gasteiger partial charge in [-0.05, 0) is 43.3 Å². The number of hydrogen-bond donors (Lipinski definition) is 1. The van der Waals surface area contributed by atoms with Crippen molar-refractivity contribution in [3.8, 4) is 0 Å². The summed E-state index contributed by atoms with van der Waals surface area (Å²) >= 11 is 11.9. The van der Waals surface area contributed by atoms with Crippen LogP contribution in [0.3, 0.4) is 0 Å². The minimum Gasteiger partial charge on any atom is -0.465 e. The Morgan fingerprint density at radius 1 is 1.11 bits per heavy atom. The zero-order chi connectivity index (χ0) is 28.5. The van der Waals surface area contributed by atoms with Gasteiger partial charge in [0.25, 0.3) is 0 Å². The molecule has 204 valence electrons. The Morgan fingerprint density at radius 3 is 2.24 bits per heavy atom. The second kappa shape index (κ2) is 10.9. The van der Waals surface area contributed by atoms with Gasteiger partial charge in [0.15, 0.2) is 0 Å². The standard InChI is InChI=1S/C24H19Cl2F6N3O3/c1-3-38-20(36)22(11-13(2)25)12-35(21(37)33-16-7-5-15(6-8-16)23(27,28)29)34-19(22)14-4-9-17(18(26)10-14)24(30,31)32/h4-10H,2-3,11-12H2,1H3,(H,33,37). The highest BCUT2D eigenvalue weighted by molar-refractivity contribution is 6.32. The molecule has 1 atom stereocenters. The minimum atomic E-state index is -4.75. The third-order valence-corrected chi connectivity index (χ3v) is 5.95. The van der Waals surface area contributed by atoms with Crippen LogP contribution in [-0.4, -0.2) is 35.9 Å². The topological polar surface area (TPSA) is 71.0 Å². The summed E-state index contributed by atoms with van der Waals surface area (Å²) in [6.07, 6.45) is -9.62. The Hall–Kier alpha value is -3.25. The molecule has 2 amide bonds. The molecule has 0 aliphatic carbocycles. The van der Waals surface area contributed by atoms with E-state index in [1.807, 2.05) is 0 Å². The maximum Gasteiger partial charge on any atom is 0.417 e. The van der Waals surface area contributed by atoms with Crippen LogP contribution in [0, 0.1) is 5.41 Å². The van der Waals surface area contributed by atoms with Crippen molar-refractivity contribution in [3.63, 3.8) is 0 Å². The maximum atomic E-state index is 13.2. The first-order valence-electron chi connectivity index (χ1n) is 10.8. The number of benzene rings is 2. The van der Waals surface area contributed by atoms with Crippen molar-refractivity contribution in [2.24, 2.45) is 10.5 Å². The number of carbonyl (C=O) groups is 2. The molecule has 1 unspecified atom stereocenters. The van der Waals surface area contributed by atoms with E-state index in [1.54, 1.807) is 0 Å². The van der Waals surface area contributed by atoms with Gasteiger partial charge in [0.1, 0.15) is 5.41 Å². The average molecular weight is 582 g/mol. The van der Waals surface area contributed by atoms with Crippen LogP contribution in [0.15, 0.2) is 59.2 Å². The second-order valence-corrected chi connectivity index (χ2v) is 9.14. The van der Waals surface area contributed by atoms with Gasteiger partial charge in [0.05, 0.1) is 35.0 Å². The van der Waals surface area contributed by atoms with Crippen LogP contribution in [0.5, 0.6) is 0 Å². The number of rotatable bonds is 6. The number of urea groups is 1. The third kappa shape index (κ3) is 6.24. The molecular formula is C24H19Cl2F6N3O3. The monoisotopic (exact) mass is 581 g/mol. The molecule has 0 bridgehead atoms. The summed E-state index contributed by atoms with van der Waals surface area (Å²) in [4.78, 5) is 26.2. The fraction of sp³-hybridized carbons (Fsp3) is 0.292. The fourth-order valence-electron chi connectivity index (χ4n) is 3.83. The molecule has 0 radical (unpaired) electrons. The lowest BCUT2D eigenvalue weighted by Gasteiger charge is -2.28. The number of carbonyl (C=O) groups excluding carboxylic acids is 2. The highest BCUT2D eigenvalue weighted by atomic mass is 35.5. The number of allylic oxidation sites excluding steroid dienone is 1. The zero-order valence-corrected chi connectivity index (χ0v) is 21.0. The molecule has 1 N–H and O–H groups in total. The molecule has 3 rings (SSSR count). The van der Waals surface area contributed by atoms with E-state index in [9.17, 15) is 35.9 Å². The quantitative estimate of drug-likeness (QED) is 0.287. The number of alkyl halides is 6. The number of halogens is 8. The largest absolute Gasteiger partial charge is 0.465 e. The maximum absolute atomic E-state index is 13.2. The molecule has 2 aromatic rings. The highest BCUT2D eigenvalue weighted by Gasteiger charge is 2.52. The van der Waals surface area contributed by atoms with Crippen molar-refractivity contribution in [1.29, 1.82) is 0 Å². The molecule has 1 heterocycles. The van der Waals surface area contributed by atoms with E-state index in [1.165, 1.54) is 6.92 Å². The summed E-state index contributed by atoms with van der Waals surface area (Å²) in [5.74, 6) is -0.874. The smallest absolute Gasteiger partial charge is 0.417 e.